The number of ether oxygens (including phenoxy) is 1. The smallest absolute Gasteiger partial charge is 0.331 e. The number of hydrogen-bond donors (Lipinski definition) is 0. The van der Waals surface area contributed by atoms with Crippen molar-refractivity contribution in [3.8, 4) is 0 Å². The number of esters is 1. The van der Waals surface area contributed by atoms with Crippen LogP contribution in [0, 0.1) is 0 Å². The van der Waals surface area contributed by atoms with E-state index in [1.807, 2.05) is 81.4 Å². The molecule has 1 amide bonds. The molecular weight excluding hydrogens is 376 g/mol. The van der Waals surface area contributed by atoms with Crippen molar-refractivity contribution in [1.29, 1.82) is 0 Å². The first-order valence-corrected chi connectivity index (χ1v) is 9.87. The van der Waals surface area contributed by atoms with Crippen molar-refractivity contribution in [3.05, 3.63) is 84.1 Å². The number of para-hydroxylation sites is 1. The second kappa shape index (κ2) is 9.35. The van der Waals surface area contributed by atoms with Gasteiger partial charge in [0.05, 0.1) is 5.52 Å². The number of carbonyl (C=O) groups excluding carboxylic acids is 2. The third kappa shape index (κ3) is 5.54. The van der Waals surface area contributed by atoms with Crippen LogP contribution in [0.25, 0.3) is 17.0 Å². The lowest BCUT2D eigenvalue weighted by atomic mass is 10.0. The van der Waals surface area contributed by atoms with E-state index in [1.165, 1.54) is 6.08 Å². The van der Waals surface area contributed by atoms with E-state index in [1.54, 1.807) is 17.2 Å². The monoisotopic (exact) mass is 402 g/mol. The van der Waals surface area contributed by atoms with E-state index >= 15 is 0 Å². The van der Waals surface area contributed by atoms with Gasteiger partial charge in [-0.1, -0.05) is 54.6 Å². The summed E-state index contributed by atoms with van der Waals surface area (Å²) in [7, 11) is 0. The molecule has 0 unspecified atom stereocenters. The summed E-state index contributed by atoms with van der Waals surface area (Å²) >= 11 is 0. The van der Waals surface area contributed by atoms with Crippen LogP contribution in [0.1, 0.15) is 31.9 Å². The van der Waals surface area contributed by atoms with Crippen molar-refractivity contribution in [1.82, 2.24) is 9.88 Å². The van der Waals surface area contributed by atoms with Crippen molar-refractivity contribution in [3.63, 3.8) is 0 Å². The Labute approximate surface area is 177 Å². The second-order valence-corrected chi connectivity index (χ2v) is 8.00. The lowest BCUT2D eigenvalue weighted by Crippen LogP contribution is -2.46. The van der Waals surface area contributed by atoms with E-state index in [0.29, 0.717) is 6.54 Å². The predicted octanol–water partition coefficient (Wildman–Crippen LogP) is 4.62. The Bertz CT molecular complexity index is 1050. The number of pyridine rings is 1. The van der Waals surface area contributed by atoms with Gasteiger partial charge in [0, 0.05) is 35.3 Å². The third-order valence-electron chi connectivity index (χ3n) is 4.70. The summed E-state index contributed by atoms with van der Waals surface area (Å²) in [4.78, 5) is 31.0. The first-order valence-electron chi connectivity index (χ1n) is 9.87. The number of hydrogen-bond acceptors (Lipinski definition) is 4. The summed E-state index contributed by atoms with van der Waals surface area (Å²) in [5, 5.41) is 0.991. The SMILES string of the molecule is CC(C)(C)N(Cc1ccccc1)C(=O)COC(=O)/C=C/c1cccc2cccnc12. The molecule has 1 heterocycles. The average Bonchev–Trinajstić information content (AvgIpc) is 2.74. The fraction of sp³-hybridized carbons (Fsp3) is 0.240. The molecule has 0 saturated heterocycles. The molecule has 0 aliphatic heterocycles. The van der Waals surface area contributed by atoms with E-state index in [4.69, 9.17) is 4.74 Å². The van der Waals surface area contributed by atoms with Gasteiger partial charge in [-0.15, -0.1) is 0 Å². The molecule has 0 spiro atoms. The number of benzene rings is 2. The van der Waals surface area contributed by atoms with Crippen LogP contribution in [0.5, 0.6) is 0 Å². The van der Waals surface area contributed by atoms with Gasteiger partial charge in [-0.3, -0.25) is 9.78 Å². The molecule has 0 radical (unpaired) electrons. The molecule has 154 valence electrons. The Morgan fingerprint density at radius 3 is 2.47 bits per heavy atom. The standard InChI is InChI=1S/C25H26N2O3/c1-25(2,3)27(17-19-9-5-4-6-10-19)22(28)18-30-23(29)15-14-21-12-7-11-20-13-8-16-26-24(20)21/h4-16H,17-18H2,1-3H3/b15-14+. The average molecular weight is 402 g/mol. The zero-order valence-corrected chi connectivity index (χ0v) is 17.5. The normalized spacial score (nSPS) is 11.6. The summed E-state index contributed by atoms with van der Waals surface area (Å²) in [6, 6.07) is 19.3. The number of amides is 1. The fourth-order valence-electron chi connectivity index (χ4n) is 3.14. The minimum absolute atomic E-state index is 0.236. The van der Waals surface area contributed by atoms with E-state index in [2.05, 4.69) is 4.98 Å². The summed E-state index contributed by atoms with van der Waals surface area (Å²) in [6.45, 7) is 6.04. The quantitative estimate of drug-likeness (QED) is 0.446. The Morgan fingerprint density at radius 2 is 1.73 bits per heavy atom. The van der Waals surface area contributed by atoms with Crippen LogP contribution in [0.3, 0.4) is 0 Å². The minimum Gasteiger partial charge on any atom is -0.452 e. The Kier molecular flexibility index (Phi) is 6.62. The lowest BCUT2D eigenvalue weighted by Gasteiger charge is -2.35. The summed E-state index contributed by atoms with van der Waals surface area (Å²) < 4.78 is 5.21. The van der Waals surface area contributed by atoms with Crippen LogP contribution in [0.4, 0.5) is 0 Å². The number of fused-ring (bicyclic) bond motifs is 1. The first kappa shape index (κ1) is 21.2. The van der Waals surface area contributed by atoms with Crippen LogP contribution >= 0.6 is 0 Å². The molecular formula is C25H26N2O3. The van der Waals surface area contributed by atoms with Crippen LogP contribution in [0.2, 0.25) is 0 Å². The van der Waals surface area contributed by atoms with E-state index in [-0.39, 0.29) is 12.5 Å². The van der Waals surface area contributed by atoms with Gasteiger partial charge < -0.3 is 9.64 Å². The largest absolute Gasteiger partial charge is 0.452 e. The van der Waals surface area contributed by atoms with Gasteiger partial charge in [-0.05, 0) is 38.5 Å². The maximum atomic E-state index is 12.8. The Hall–Kier alpha value is -3.47. The zero-order chi connectivity index (χ0) is 21.6. The first-order chi connectivity index (χ1) is 14.3. The zero-order valence-electron chi connectivity index (χ0n) is 17.5. The van der Waals surface area contributed by atoms with Crippen LogP contribution in [0.15, 0.2) is 72.9 Å². The van der Waals surface area contributed by atoms with Gasteiger partial charge in [0.1, 0.15) is 0 Å². The van der Waals surface area contributed by atoms with Crippen molar-refractivity contribution < 1.29 is 14.3 Å². The number of aromatic nitrogens is 1. The molecule has 0 aliphatic rings. The van der Waals surface area contributed by atoms with Gasteiger partial charge in [-0.2, -0.15) is 0 Å². The molecule has 30 heavy (non-hydrogen) atoms. The highest BCUT2D eigenvalue weighted by atomic mass is 16.5. The Balaban J connectivity index is 1.63. The molecule has 0 atom stereocenters. The maximum Gasteiger partial charge on any atom is 0.331 e. The van der Waals surface area contributed by atoms with Gasteiger partial charge in [0.25, 0.3) is 5.91 Å². The minimum atomic E-state index is -0.565. The van der Waals surface area contributed by atoms with Gasteiger partial charge >= 0.3 is 5.97 Å². The molecule has 3 aromatic rings. The van der Waals surface area contributed by atoms with E-state index < -0.39 is 11.5 Å². The fourth-order valence-corrected chi connectivity index (χ4v) is 3.14. The highest BCUT2D eigenvalue weighted by Gasteiger charge is 2.27. The highest BCUT2D eigenvalue weighted by molar-refractivity contribution is 5.93. The van der Waals surface area contributed by atoms with Crippen LogP contribution < -0.4 is 0 Å². The Morgan fingerprint density at radius 1 is 1.00 bits per heavy atom. The van der Waals surface area contributed by atoms with Gasteiger partial charge in [-0.25, -0.2) is 4.79 Å². The summed E-state index contributed by atoms with van der Waals surface area (Å²) in [5.41, 5.74) is 2.25. The molecule has 5 heteroatoms. The molecule has 0 fully saturated rings. The lowest BCUT2D eigenvalue weighted by molar-refractivity contribution is -0.151. The number of rotatable bonds is 6. The topological polar surface area (TPSA) is 59.5 Å². The number of carbonyl (C=O) groups is 2. The third-order valence-corrected chi connectivity index (χ3v) is 4.70. The summed E-state index contributed by atoms with van der Waals surface area (Å²) in [5.74, 6) is -0.801. The second-order valence-electron chi connectivity index (χ2n) is 8.00. The highest BCUT2D eigenvalue weighted by Crippen LogP contribution is 2.19. The molecule has 5 nitrogen and oxygen atoms in total. The van der Waals surface area contributed by atoms with E-state index in [0.717, 1.165) is 22.0 Å². The van der Waals surface area contributed by atoms with Gasteiger partial charge in [0.15, 0.2) is 6.61 Å². The molecule has 2 aromatic carbocycles. The summed E-state index contributed by atoms with van der Waals surface area (Å²) in [6.07, 6.45) is 4.70. The van der Waals surface area contributed by atoms with E-state index in [9.17, 15) is 9.59 Å². The molecule has 1 aromatic heterocycles. The molecule has 0 bridgehead atoms. The van der Waals surface area contributed by atoms with Crippen LogP contribution in [-0.4, -0.2) is 33.9 Å². The van der Waals surface area contributed by atoms with Gasteiger partial charge in [0.2, 0.25) is 0 Å². The van der Waals surface area contributed by atoms with Crippen molar-refractivity contribution >= 4 is 28.9 Å². The molecule has 0 aliphatic carbocycles. The molecule has 0 N–H and O–H groups in total. The maximum absolute atomic E-state index is 12.8. The van der Waals surface area contributed by atoms with Crippen molar-refractivity contribution in [2.24, 2.45) is 0 Å². The molecule has 3 rings (SSSR count). The van der Waals surface area contributed by atoms with Crippen molar-refractivity contribution in [2.45, 2.75) is 32.9 Å². The number of nitrogens with zero attached hydrogens (tertiary/aromatic N) is 2. The van der Waals surface area contributed by atoms with Crippen LogP contribution in [-0.2, 0) is 20.9 Å². The predicted molar refractivity (Wildman–Crippen MR) is 118 cm³/mol. The van der Waals surface area contributed by atoms with Crippen molar-refractivity contribution in [2.75, 3.05) is 6.61 Å². The molecule has 0 saturated carbocycles.